The highest BCUT2D eigenvalue weighted by Crippen LogP contribution is 2.34. The first-order chi connectivity index (χ1) is 13.0. The molecule has 1 N–H and O–H groups in total. The van der Waals surface area contributed by atoms with Gasteiger partial charge in [0.05, 0.1) is 24.5 Å². The Morgan fingerprint density at radius 3 is 2.56 bits per heavy atom. The van der Waals surface area contributed by atoms with Gasteiger partial charge in [-0.25, -0.2) is 0 Å². The molecule has 1 aliphatic heterocycles. The Labute approximate surface area is 154 Å². The van der Waals surface area contributed by atoms with Crippen LogP contribution in [0.1, 0.15) is 54.0 Å². The average molecular weight is 373 g/mol. The molecule has 27 heavy (non-hydrogen) atoms. The predicted octanol–water partition coefficient (Wildman–Crippen LogP) is 0.722. The van der Waals surface area contributed by atoms with Gasteiger partial charge in [-0.15, -0.1) is 0 Å². The van der Waals surface area contributed by atoms with Gasteiger partial charge in [-0.1, -0.05) is 5.16 Å². The molecule has 1 amide bonds. The van der Waals surface area contributed by atoms with E-state index in [1.807, 2.05) is 0 Å². The van der Waals surface area contributed by atoms with Crippen LogP contribution in [0.15, 0.2) is 8.94 Å². The maximum Gasteiger partial charge on any atom is 0.287 e. The molecule has 1 saturated heterocycles. The second-order valence-electron chi connectivity index (χ2n) is 6.60. The van der Waals surface area contributed by atoms with Crippen molar-refractivity contribution in [1.29, 1.82) is 0 Å². The number of aromatic nitrogens is 1. The molecule has 142 valence electrons. The standard InChI is InChI=1S/C18H19N3O6/c1-9-11-13(22)17-12(10(2)20-27-17)14(23)16(11)26-15(9)18(24)19-3-4-21-5-7-25-8-6-21/h3-8H2,1-2H3,(H,19,24). The lowest BCUT2D eigenvalue weighted by atomic mass is 9.90. The number of aryl methyl sites for hydroxylation is 1. The fraction of sp³-hybridized carbons (Fsp3) is 0.444. The Morgan fingerprint density at radius 2 is 1.81 bits per heavy atom. The SMILES string of the molecule is Cc1noc2c1C(=O)c1oc(C(=O)NCCN3CCOCC3)c(C)c1C2=O. The van der Waals surface area contributed by atoms with Crippen molar-refractivity contribution >= 4 is 17.5 Å². The third kappa shape index (κ3) is 2.88. The first-order valence-corrected chi connectivity index (χ1v) is 8.76. The van der Waals surface area contributed by atoms with Crippen LogP contribution in [0.2, 0.25) is 0 Å². The molecule has 1 aliphatic carbocycles. The molecule has 0 radical (unpaired) electrons. The van der Waals surface area contributed by atoms with Crippen LogP contribution in [0.25, 0.3) is 0 Å². The van der Waals surface area contributed by atoms with Crippen molar-refractivity contribution in [1.82, 2.24) is 15.4 Å². The van der Waals surface area contributed by atoms with Crippen molar-refractivity contribution in [3.63, 3.8) is 0 Å². The van der Waals surface area contributed by atoms with Gasteiger partial charge in [0.25, 0.3) is 5.91 Å². The summed E-state index contributed by atoms with van der Waals surface area (Å²) in [6.45, 7) is 7.29. The number of hydrogen-bond donors (Lipinski definition) is 1. The molecule has 2 aliphatic rings. The predicted molar refractivity (Wildman–Crippen MR) is 91.1 cm³/mol. The summed E-state index contributed by atoms with van der Waals surface area (Å²) in [5, 5.41) is 6.46. The van der Waals surface area contributed by atoms with Crippen molar-refractivity contribution < 1.29 is 28.1 Å². The monoisotopic (exact) mass is 373 g/mol. The molecule has 0 spiro atoms. The lowest BCUT2D eigenvalue weighted by Crippen LogP contribution is -2.41. The Balaban J connectivity index is 1.52. The van der Waals surface area contributed by atoms with Crippen LogP contribution in [0, 0.1) is 13.8 Å². The highest BCUT2D eigenvalue weighted by Gasteiger charge is 2.41. The molecular weight excluding hydrogens is 354 g/mol. The van der Waals surface area contributed by atoms with Crippen LogP contribution >= 0.6 is 0 Å². The summed E-state index contributed by atoms with van der Waals surface area (Å²) in [4.78, 5) is 40.0. The van der Waals surface area contributed by atoms with E-state index >= 15 is 0 Å². The minimum absolute atomic E-state index is 0.0283. The molecule has 0 saturated carbocycles. The molecule has 0 unspecified atom stereocenters. The van der Waals surface area contributed by atoms with Gasteiger partial charge >= 0.3 is 0 Å². The number of ether oxygens (including phenoxy) is 1. The fourth-order valence-electron chi connectivity index (χ4n) is 3.42. The quantitative estimate of drug-likeness (QED) is 0.711. The van der Waals surface area contributed by atoms with Crippen molar-refractivity contribution in [3.8, 4) is 0 Å². The van der Waals surface area contributed by atoms with Crippen LogP contribution in [-0.2, 0) is 4.74 Å². The van der Waals surface area contributed by atoms with Gasteiger partial charge in [-0.2, -0.15) is 0 Å². The molecule has 0 bridgehead atoms. The van der Waals surface area contributed by atoms with Gasteiger partial charge in [0.1, 0.15) is 5.56 Å². The first-order valence-electron chi connectivity index (χ1n) is 8.76. The van der Waals surface area contributed by atoms with Crippen LogP contribution < -0.4 is 5.32 Å². The Morgan fingerprint density at radius 1 is 1.11 bits per heavy atom. The number of hydrogen-bond acceptors (Lipinski definition) is 8. The number of rotatable bonds is 4. The Kier molecular flexibility index (Phi) is 4.40. The second kappa shape index (κ2) is 6.75. The number of carbonyl (C=O) groups excluding carboxylic acids is 3. The Bertz CT molecular complexity index is 933. The summed E-state index contributed by atoms with van der Waals surface area (Å²) in [6, 6.07) is 0. The molecule has 9 nitrogen and oxygen atoms in total. The molecule has 2 aromatic rings. The molecule has 1 fully saturated rings. The normalized spacial score (nSPS) is 17.0. The van der Waals surface area contributed by atoms with Crippen LogP contribution in [0.3, 0.4) is 0 Å². The number of carbonyl (C=O) groups is 3. The molecule has 0 aromatic carbocycles. The summed E-state index contributed by atoms with van der Waals surface area (Å²) >= 11 is 0. The lowest BCUT2D eigenvalue weighted by Gasteiger charge is -2.26. The zero-order valence-corrected chi connectivity index (χ0v) is 15.1. The minimum atomic E-state index is -0.492. The van der Waals surface area contributed by atoms with Gasteiger partial charge < -0.3 is 19.0 Å². The highest BCUT2D eigenvalue weighted by atomic mass is 16.5. The minimum Gasteiger partial charge on any atom is -0.446 e. The van der Waals surface area contributed by atoms with E-state index < -0.39 is 17.5 Å². The van der Waals surface area contributed by atoms with E-state index in [-0.39, 0.29) is 28.4 Å². The average Bonchev–Trinajstić information content (AvgIpc) is 3.22. The zero-order valence-electron chi connectivity index (χ0n) is 15.1. The number of nitrogens with one attached hydrogen (secondary N) is 1. The first kappa shape index (κ1) is 17.6. The number of fused-ring (bicyclic) bond motifs is 2. The highest BCUT2D eigenvalue weighted by molar-refractivity contribution is 6.27. The summed E-state index contributed by atoms with van der Waals surface area (Å²) in [7, 11) is 0. The summed E-state index contributed by atoms with van der Waals surface area (Å²) in [6.07, 6.45) is 0. The van der Waals surface area contributed by atoms with E-state index in [0.29, 0.717) is 37.6 Å². The third-order valence-electron chi connectivity index (χ3n) is 4.90. The lowest BCUT2D eigenvalue weighted by molar-refractivity contribution is 0.0382. The van der Waals surface area contributed by atoms with Crippen LogP contribution in [-0.4, -0.2) is 66.9 Å². The van der Waals surface area contributed by atoms with Crippen molar-refractivity contribution in [2.45, 2.75) is 13.8 Å². The van der Waals surface area contributed by atoms with E-state index in [0.717, 1.165) is 13.1 Å². The molecule has 4 rings (SSSR count). The number of nitrogens with zero attached hydrogens (tertiary/aromatic N) is 2. The number of amides is 1. The number of ketones is 2. The maximum atomic E-state index is 12.6. The van der Waals surface area contributed by atoms with E-state index in [9.17, 15) is 14.4 Å². The van der Waals surface area contributed by atoms with E-state index in [4.69, 9.17) is 13.7 Å². The van der Waals surface area contributed by atoms with Crippen LogP contribution in [0.4, 0.5) is 0 Å². The van der Waals surface area contributed by atoms with Crippen molar-refractivity contribution in [2.75, 3.05) is 39.4 Å². The smallest absolute Gasteiger partial charge is 0.287 e. The zero-order chi connectivity index (χ0) is 19.1. The van der Waals surface area contributed by atoms with Gasteiger partial charge in [0.15, 0.2) is 11.5 Å². The number of furan rings is 1. The van der Waals surface area contributed by atoms with Crippen LogP contribution in [0.5, 0.6) is 0 Å². The molecule has 2 aromatic heterocycles. The van der Waals surface area contributed by atoms with Gasteiger partial charge in [0, 0.05) is 31.7 Å². The molecule has 0 atom stereocenters. The molecule has 9 heteroatoms. The summed E-state index contributed by atoms with van der Waals surface area (Å²) in [5.74, 6) is -1.70. The van der Waals surface area contributed by atoms with E-state index in [1.54, 1.807) is 13.8 Å². The second-order valence-corrected chi connectivity index (χ2v) is 6.60. The van der Waals surface area contributed by atoms with Gasteiger partial charge in [0.2, 0.25) is 17.3 Å². The molecular formula is C18H19N3O6. The number of morpholine rings is 1. The fourth-order valence-corrected chi connectivity index (χ4v) is 3.42. The maximum absolute atomic E-state index is 12.6. The van der Waals surface area contributed by atoms with Crippen molar-refractivity contribution in [3.05, 3.63) is 39.7 Å². The molecule has 3 heterocycles. The van der Waals surface area contributed by atoms with E-state index in [1.165, 1.54) is 0 Å². The third-order valence-corrected chi connectivity index (χ3v) is 4.90. The van der Waals surface area contributed by atoms with Gasteiger partial charge in [-0.05, 0) is 13.8 Å². The largest absolute Gasteiger partial charge is 0.446 e. The van der Waals surface area contributed by atoms with Gasteiger partial charge in [-0.3, -0.25) is 19.3 Å². The topological polar surface area (TPSA) is 115 Å². The summed E-state index contributed by atoms with van der Waals surface area (Å²) < 4.78 is 15.8. The van der Waals surface area contributed by atoms with Crippen molar-refractivity contribution in [2.24, 2.45) is 0 Å². The van der Waals surface area contributed by atoms with E-state index in [2.05, 4.69) is 15.4 Å². The summed E-state index contributed by atoms with van der Waals surface area (Å²) in [5.41, 5.74) is 0.814. The Hall–Kier alpha value is -2.78.